The van der Waals surface area contributed by atoms with Gasteiger partial charge < -0.3 is 54.4 Å². The fourth-order valence-electron chi connectivity index (χ4n) is 4.40. The number of benzene rings is 3. The van der Waals surface area contributed by atoms with E-state index in [4.69, 9.17) is 18.6 Å². The molecule has 224 valence electrons. The monoisotopic (exact) mass is 594 g/mol. The van der Waals surface area contributed by atoms with E-state index in [0.717, 1.165) is 18.2 Å². The van der Waals surface area contributed by atoms with E-state index in [2.05, 4.69) is 0 Å². The first-order chi connectivity index (χ1) is 20.5. The SMILES string of the molecule is O=C(/C=C\c1ccc(O)c(O)c1)Oc1ccc(-c2cc(=O)c3c(O)cc(OC4OC(CO)C(O)C(O)C4O)cc3o2)cc1. The molecule has 5 unspecified atom stereocenters. The second-order valence-electron chi connectivity index (χ2n) is 9.63. The van der Waals surface area contributed by atoms with Gasteiger partial charge in [-0.25, -0.2) is 4.79 Å². The van der Waals surface area contributed by atoms with Crippen LogP contribution in [0.4, 0.5) is 0 Å². The molecule has 0 aliphatic carbocycles. The van der Waals surface area contributed by atoms with Crippen LogP contribution >= 0.6 is 0 Å². The van der Waals surface area contributed by atoms with E-state index in [1.165, 1.54) is 54.6 Å². The summed E-state index contributed by atoms with van der Waals surface area (Å²) in [4.78, 5) is 25.0. The van der Waals surface area contributed by atoms with Gasteiger partial charge in [0.25, 0.3) is 0 Å². The van der Waals surface area contributed by atoms with E-state index in [-0.39, 0.29) is 39.7 Å². The number of aromatic hydroxyl groups is 3. The molecule has 1 aromatic heterocycles. The Morgan fingerprint density at radius 1 is 0.837 bits per heavy atom. The van der Waals surface area contributed by atoms with Gasteiger partial charge in [-0.2, -0.15) is 0 Å². The molecule has 13 nitrogen and oxygen atoms in total. The maximum atomic E-state index is 12.8. The lowest BCUT2D eigenvalue weighted by molar-refractivity contribution is -0.277. The van der Waals surface area contributed by atoms with Crippen LogP contribution < -0.4 is 14.9 Å². The number of aliphatic hydroxyl groups excluding tert-OH is 4. The zero-order chi connectivity index (χ0) is 30.8. The van der Waals surface area contributed by atoms with Gasteiger partial charge in [0.15, 0.2) is 16.9 Å². The Balaban J connectivity index is 1.33. The Hall–Kier alpha value is -4.92. The molecule has 2 heterocycles. The second-order valence-corrected chi connectivity index (χ2v) is 9.63. The quantitative estimate of drug-likeness (QED) is 0.0697. The molecular formula is C30H26O13. The summed E-state index contributed by atoms with van der Waals surface area (Å²) < 4.78 is 22.0. The molecular weight excluding hydrogens is 568 g/mol. The molecule has 4 aromatic rings. The van der Waals surface area contributed by atoms with Crippen molar-refractivity contribution in [2.75, 3.05) is 6.61 Å². The smallest absolute Gasteiger partial charge is 0.336 e. The minimum atomic E-state index is -1.70. The highest BCUT2D eigenvalue weighted by molar-refractivity contribution is 5.89. The molecule has 3 aromatic carbocycles. The van der Waals surface area contributed by atoms with Crippen molar-refractivity contribution in [1.82, 2.24) is 0 Å². The van der Waals surface area contributed by atoms with E-state index < -0.39 is 54.5 Å². The molecule has 43 heavy (non-hydrogen) atoms. The molecule has 0 bridgehead atoms. The van der Waals surface area contributed by atoms with Crippen molar-refractivity contribution >= 4 is 23.0 Å². The van der Waals surface area contributed by atoms with Crippen LogP contribution in [0.2, 0.25) is 0 Å². The first-order valence-corrected chi connectivity index (χ1v) is 12.8. The average molecular weight is 595 g/mol. The largest absolute Gasteiger partial charge is 0.507 e. The van der Waals surface area contributed by atoms with E-state index >= 15 is 0 Å². The number of ether oxygens (including phenoxy) is 3. The molecule has 1 aliphatic heterocycles. The van der Waals surface area contributed by atoms with Gasteiger partial charge in [0.1, 0.15) is 58.4 Å². The first kappa shape index (κ1) is 29.6. The Bertz CT molecular complexity index is 1730. The molecule has 1 fully saturated rings. The van der Waals surface area contributed by atoms with Crippen LogP contribution in [-0.4, -0.2) is 79.0 Å². The summed E-state index contributed by atoms with van der Waals surface area (Å²) in [5.41, 5.74) is 0.229. The van der Waals surface area contributed by atoms with Crippen LogP contribution in [0.3, 0.4) is 0 Å². The van der Waals surface area contributed by atoms with Crippen molar-refractivity contribution in [3.8, 4) is 40.1 Å². The molecule has 0 radical (unpaired) electrons. The number of esters is 1. The summed E-state index contributed by atoms with van der Waals surface area (Å²) in [6.45, 7) is -0.661. The summed E-state index contributed by atoms with van der Waals surface area (Å²) in [6, 6.07) is 13.5. The number of rotatable bonds is 7. The van der Waals surface area contributed by atoms with Crippen molar-refractivity contribution in [2.24, 2.45) is 0 Å². The highest BCUT2D eigenvalue weighted by Crippen LogP contribution is 2.33. The van der Waals surface area contributed by atoms with E-state index in [1.54, 1.807) is 0 Å². The molecule has 7 N–H and O–H groups in total. The minimum absolute atomic E-state index is 0.0806. The lowest BCUT2D eigenvalue weighted by Crippen LogP contribution is -2.60. The number of aliphatic hydroxyl groups is 4. The lowest BCUT2D eigenvalue weighted by atomic mass is 9.99. The van der Waals surface area contributed by atoms with Crippen LogP contribution in [-0.2, 0) is 9.53 Å². The predicted molar refractivity (Wildman–Crippen MR) is 148 cm³/mol. The molecule has 0 amide bonds. The number of phenols is 3. The van der Waals surface area contributed by atoms with Crippen LogP contribution in [0.5, 0.6) is 28.7 Å². The summed E-state index contributed by atoms with van der Waals surface area (Å²) in [5, 5.41) is 68.9. The van der Waals surface area contributed by atoms with Crippen molar-refractivity contribution < 1.29 is 59.2 Å². The first-order valence-electron chi connectivity index (χ1n) is 12.8. The van der Waals surface area contributed by atoms with Crippen LogP contribution in [0.15, 0.2) is 76.0 Å². The number of fused-ring (bicyclic) bond motifs is 1. The summed E-state index contributed by atoms with van der Waals surface area (Å²) in [5.74, 6) is -1.64. The molecule has 0 saturated carbocycles. The van der Waals surface area contributed by atoms with Gasteiger partial charge in [-0.15, -0.1) is 0 Å². The molecule has 13 heteroatoms. The highest BCUT2D eigenvalue weighted by Gasteiger charge is 2.44. The third-order valence-electron chi connectivity index (χ3n) is 6.65. The lowest BCUT2D eigenvalue weighted by Gasteiger charge is -2.39. The zero-order valence-electron chi connectivity index (χ0n) is 22.1. The fraction of sp³-hybridized carbons (Fsp3) is 0.200. The Morgan fingerprint density at radius 3 is 2.28 bits per heavy atom. The molecule has 5 rings (SSSR count). The Kier molecular flexibility index (Phi) is 8.34. The van der Waals surface area contributed by atoms with Crippen LogP contribution in [0.1, 0.15) is 5.56 Å². The molecule has 5 atom stereocenters. The highest BCUT2D eigenvalue weighted by atomic mass is 16.7. The second kappa shape index (κ2) is 12.1. The number of phenolic OH excluding ortho intramolecular Hbond substituents is 3. The molecule has 0 spiro atoms. The summed E-state index contributed by atoms with van der Waals surface area (Å²) in [6.07, 6.45) is -5.17. The van der Waals surface area contributed by atoms with Gasteiger partial charge >= 0.3 is 5.97 Å². The van der Waals surface area contributed by atoms with E-state index in [0.29, 0.717) is 11.1 Å². The zero-order valence-corrected chi connectivity index (χ0v) is 22.1. The third kappa shape index (κ3) is 6.30. The predicted octanol–water partition coefficient (Wildman–Crippen LogP) is 1.37. The van der Waals surface area contributed by atoms with Gasteiger partial charge in [-0.3, -0.25) is 4.79 Å². The van der Waals surface area contributed by atoms with Gasteiger partial charge in [0.2, 0.25) is 6.29 Å². The van der Waals surface area contributed by atoms with E-state index in [1.807, 2.05) is 0 Å². The van der Waals surface area contributed by atoms with Gasteiger partial charge in [0, 0.05) is 29.8 Å². The third-order valence-corrected chi connectivity index (χ3v) is 6.65. The topological polar surface area (TPSA) is 217 Å². The van der Waals surface area contributed by atoms with Crippen molar-refractivity contribution in [3.63, 3.8) is 0 Å². The van der Waals surface area contributed by atoms with Crippen molar-refractivity contribution in [3.05, 3.63) is 82.5 Å². The van der Waals surface area contributed by atoms with Crippen LogP contribution in [0.25, 0.3) is 28.4 Å². The number of carbonyl (C=O) groups excluding carboxylic acids is 1. The number of carbonyl (C=O) groups is 1. The minimum Gasteiger partial charge on any atom is -0.507 e. The maximum Gasteiger partial charge on any atom is 0.336 e. The van der Waals surface area contributed by atoms with Gasteiger partial charge in [0.05, 0.1) is 6.61 Å². The van der Waals surface area contributed by atoms with Gasteiger partial charge in [-0.05, 0) is 48.0 Å². The summed E-state index contributed by atoms with van der Waals surface area (Å²) >= 11 is 0. The maximum absolute atomic E-state index is 12.8. The fourth-order valence-corrected chi connectivity index (χ4v) is 4.40. The average Bonchev–Trinajstić information content (AvgIpc) is 2.98. The van der Waals surface area contributed by atoms with Crippen molar-refractivity contribution in [2.45, 2.75) is 30.7 Å². The summed E-state index contributed by atoms with van der Waals surface area (Å²) in [7, 11) is 0. The molecule has 1 aliphatic rings. The Labute approximate surface area is 242 Å². The normalized spacial score (nSPS) is 22.1. The standard InChI is InChI=1S/C30H26O13/c31-13-24-27(37)28(38)29(39)30(43-24)41-17-10-20(34)26-21(35)12-22(42-23(26)11-17)15-3-5-16(6-4-15)40-25(36)8-2-14-1-7-18(32)19(33)9-14/h1-12,24,27-34,37-39H,13H2/b8-2-. The Morgan fingerprint density at radius 2 is 1.58 bits per heavy atom. The number of hydrogen-bond donors (Lipinski definition) is 7. The van der Waals surface area contributed by atoms with Gasteiger partial charge in [-0.1, -0.05) is 6.07 Å². The molecule has 1 saturated heterocycles. The van der Waals surface area contributed by atoms with Crippen molar-refractivity contribution in [1.29, 1.82) is 0 Å². The van der Waals surface area contributed by atoms with Crippen LogP contribution in [0, 0.1) is 0 Å². The number of hydrogen-bond acceptors (Lipinski definition) is 13. The van der Waals surface area contributed by atoms with E-state index in [9.17, 15) is 45.3 Å².